The maximum absolute atomic E-state index is 13.0. The fourth-order valence-electron chi connectivity index (χ4n) is 1.75. The zero-order chi connectivity index (χ0) is 10.1. The number of rotatable bonds is 1. The summed E-state index contributed by atoms with van der Waals surface area (Å²) in [7, 11) is 0. The zero-order valence-corrected chi connectivity index (χ0v) is 8.24. The second kappa shape index (κ2) is 3.83. The first-order valence-electron chi connectivity index (χ1n) is 4.56. The molecule has 0 amide bonds. The van der Waals surface area contributed by atoms with Gasteiger partial charge in [0.2, 0.25) is 0 Å². The van der Waals surface area contributed by atoms with E-state index < -0.39 is 11.6 Å². The lowest BCUT2D eigenvalue weighted by molar-refractivity contribution is 0.503. The minimum absolute atomic E-state index is 0.0672. The van der Waals surface area contributed by atoms with Crippen molar-refractivity contribution in [3.8, 4) is 0 Å². The van der Waals surface area contributed by atoms with E-state index in [2.05, 4.69) is 5.32 Å². The first-order valence-corrected chi connectivity index (χ1v) is 4.94. The average Bonchev–Trinajstić information content (AvgIpc) is 2.64. The third-order valence-corrected chi connectivity index (χ3v) is 2.80. The van der Waals surface area contributed by atoms with E-state index in [1.807, 2.05) is 0 Å². The van der Waals surface area contributed by atoms with Gasteiger partial charge in [-0.1, -0.05) is 11.6 Å². The van der Waals surface area contributed by atoms with Gasteiger partial charge in [0.05, 0.1) is 0 Å². The summed E-state index contributed by atoms with van der Waals surface area (Å²) in [5, 5.41) is 3.48. The number of hydrogen-bond donors (Lipinski definition) is 1. The molecule has 14 heavy (non-hydrogen) atoms. The van der Waals surface area contributed by atoms with Crippen LogP contribution in [-0.4, -0.2) is 6.54 Å². The zero-order valence-electron chi connectivity index (χ0n) is 7.49. The highest BCUT2D eigenvalue weighted by atomic mass is 35.5. The third kappa shape index (κ3) is 1.74. The summed E-state index contributed by atoms with van der Waals surface area (Å²) in [5.41, 5.74) is 0.656. The highest BCUT2D eigenvalue weighted by molar-refractivity contribution is 6.31. The van der Waals surface area contributed by atoms with E-state index in [1.165, 1.54) is 6.07 Å². The summed E-state index contributed by atoms with van der Waals surface area (Å²) in [5.74, 6) is -1.73. The number of nitrogens with one attached hydrogen (secondary N) is 1. The van der Waals surface area contributed by atoms with Crippen LogP contribution in [0.3, 0.4) is 0 Å². The molecule has 1 aliphatic rings. The largest absolute Gasteiger partial charge is 0.310 e. The molecule has 1 N–H and O–H groups in total. The normalized spacial score (nSPS) is 21.5. The van der Waals surface area contributed by atoms with E-state index in [0.717, 1.165) is 25.5 Å². The van der Waals surface area contributed by atoms with Gasteiger partial charge in [-0.05, 0) is 37.1 Å². The first-order chi connectivity index (χ1) is 6.68. The van der Waals surface area contributed by atoms with E-state index >= 15 is 0 Å². The Morgan fingerprint density at radius 1 is 1.29 bits per heavy atom. The molecule has 0 spiro atoms. The molecule has 1 aromatic carbocycles. The minimum atomic E-state index is -0.892. The SMILES string of the molecule is Fc1cc(Cl)c([C@@H]2CCCN2)cc1F. The Bertz CT molecular complexity index is 348. The van der Waals surface area contributed by atoms with Gasteiger partial charge in [-0.25, -0.2) is 8.78 Å². The summed E-state index contributed by atoms with van der Waals surface area (Å²) >= 11 is 5.83. The molecule has 76 valence electrons. The quantitative estimate of drug-likeness (QED) is 0.713. The molecular formula is C10H10ClF2N. The molecule has 1 atom stereocenters. The molecule has 0 bridgehead atoms. The summed E-state index contributed by atoms with van der Waals surface area (Å²) in [6.07, 6.45) is 1.96. The predicted octanol–water partition coefficient (Wildman–Crippen LogP) is 3.04. The maximum atomic E-state index is 13.0. The van der Waals surface area contributed by atoms with Crippen LogP contribution in [-0.2, 0) is 0 Å². The molecule has 0 aliphatic carbocycles. The molecule has 1 nitrogen and oxygen atoms in total. The van der Waals surface area contributed by atoms with Crippen molar-refractivity contribution in [2.75, 3.05) is 6.54 Å². The van der Waals surface area contributed by atoms with Crippen LogP contribution >= 0.6 is 11.6 Å². The van der Waals surface area contributed by atoms with Crippen molar-refractivity contribution in [1.82, 2.24) is 5.32 Å². The van der Waals surface area contributed by atoms with Gasteiger partial charge in [-0.15, -0.1) is 0 Å². The lowest BCUT2D eigenvalue weighted by Crippen LogP contribution is -2.13. The van der Waals surface area contributed by atoms with Crippen molar-refractivity contribution in [2.45, 2.75) is 18.9 Å². The lowest BCUT2D eigenvalue weighted by atomic mass is 10.1. The van der Waals surface area contributed by atoms with Crippen molar-refractivity contribution in [3.63, 3.8) is 0 Å². The Labute approximate surface area is 86.1 Å². The Kier molecular flexibility index (Phi) is 2.70. The Morgan fingerprint density at radius 2 is 2.00 bits per heavy atom. The second-order valence-corrected chi connectivity index (χ2v) is 3.84. The van der Waals surface area contributed by atoms with Crippen LogP contribution in [0.5, 0.6) is 0 Å². The van der Waals surface area contributed by atoms with Crippen LogP contribution < -0.4 is 5.32 Å². The fraction of sp³-hybridized carbons (Fsp3) is 0.400. The van der Waals surface area contributed by atoms with Gasteiger partial charge < -0.3 is 5.32 Å². The van der Waals surface area contributed by atoms with Gasteiger partial charge in [-0.3, -0.25) is 0 Å². The Hall–Kier alpha value is -0.670. The van der Waals surface area contributed by atoms with Gasteiger partial charge in [0.25, 0.3) is 0 Å². The van der Waals surface area contributed by atoms with E-state index in [-0.39, 0.29) is 6.04 Å². The average molecular weight is 218 g/mol. The smallest absolute Gasteiger partial charge is 0.160 e. The van der Waals surface area contributed by atoms with Gasteiger partial charge in [0.1, 0.15) is 0 Å². The molecule has 1 heterocycles. The molecular weight excluding hydrogens is 208 g/mol. The number of halogens is 3. The van der Waals surface area contributed by atoms with Crippen LogP contribution in [0.2, 0.25) is 5.02 Å². The van der Waals surface area contributed by atoms with Crippen molar-refractivity contribution < 1.29 is 8.78 Å². The van der Waals surface area contributed by atoms with Crippen molar-refractivity contribution in [1.29, 1.82) is 0 Å². The molecule has 0 unspecified atom stereocenters. The monoisotopic (exact) mass is 217 g/mol. The van der Waals surface area contributed by atoms with E-state index in [9.17, 15) is 8.78 Å². The second-order valence-electron chi connectivity index (χ2n) is 3.44. The summed E-state index contributed by atoms with van der Waals surface area (Å²) in [6, 6.07) is 2.28. The molecule has 1 aliphatic heterocycles. The van der Waals surface area contributed by atoms with Crippen molar-refractivity contribution in [3.05, 3.63) is 34.4 Å². The molecule has 4 heteroatoms. The molecule has 1 aromatic rings. The summed E-state index contributed by atoms with van der Waals surface area (Å²) in [4.78, 5) is 0. The van der Waals surface area contributed by atoms with Crippen LogP contribution in [0.1, 0.15) is 24.4 Å². The molecule has 1 saturated heterocycles. The Morgan fingerprint density at radius 3 is 2.64 bits per heavy atom. The van der Waals surface area contributed by atoms with Gasteiger partial charge in [-0.2, -0.15) is 0 Å². The number of hydrogen-bond acceptors (Lipinski definition) is 1. The molecule has 0 radical (unpaired) electrons. The summed E-state index contributed by atoms with van der Waals surface area (Å²) < 4.78 is 25.7. The van der Waals surface area contributed by atoms with Crippen molar-refractivity contribution >= 4 is 11.6 Å². The van der Waals surface area contributed by atoms with Gasteiger partial charge in [0.15, 0.2) is 11.6 Å². The van der Waals surface area contributed by atoms with Gasteiger partial charge >= 0.3 is 0 Å². The molecule has 0 aromatic heterocycles. The standard InChI is InChI=1S/C10H10ClF2N/c11-7-5-9(13)8(12)4-6(7)10-2-1-3-14-10/h4-5,10,14H,1-3H2/t10-/m0/s1. The van der Waals surface area contributed by atoms with E-state index in [0.29, 0.717) is 10.6 Å². The minimum Gasteiger partial charge on any atom is -0.310 e. The predicted molar refractivity (Wildman–Crippen MR) is 51.3 cm³/mol. The summed E-state index contributed by atoms with van der Waals surface area (Å²) in [6.45, 7) is 0.903. The molecule has 0 saturated carbocycles. The molecule has 2 rings (SSSR count). The fourth-order valence-corrected chi connectivity index (χ4v) is 2.04. The topological polar surface area (TPSA) is 12.0 Å². The highest BCUT2D eigenvalue weighted by Gasteiger charge is 2.20. The first kappa shape index (κ1) is 9.87. The maximum Gasteiger partial charge on any atom is 0.160 e. The van der Waals surface area contributed by atoms with E-state index in [1.54, 1.807) is 0 Å². The third-order valence-electron chi connectivity index (χ3n) is 2.48. The Balaban J connectivity index is 2.37. The molecule has 1 fully saturated rings. The van der Waals surface area contributed by atoms with Crippen molar-refractivity contribution in [2.24, 2.45) is 0 Å². The van der Waals surface area contributed by atoms with E-state index in [4.69, 9.17) is 11.6 Å². The van der Waals surface area contributed by atoms with Crippen LogP contribution in [0.15, 0.2) is 12.1 Å². The van der Waals surface area contributed by atoms with Crippen LogP contribution in [0.25, 0.3) is 0 Å². The van der Waals surface area contributed by atoms with Crippen LogP contribution in [0.4, 0.5) is 8.78 Å². The van der Waals surface area contributed by atoms with Crippen LogP contribution in [0, 0.1) is 11.6 Å². The lowest BCUT2D eigenvalue weighted by Gasteiger charge is -2.12. The van der Waals surface area contributed by atoms with Gasteiger partial charge in [0, 0.05) is 11.1 Å². The highest BCUT2D eigenvalue weighted by Crippen LogP contribution is 2.30. The number of benzene rings is 1.